The Morgan fingerprint density at radius 3 is 2.81 bits per heavy atom. The van der Waals surface area contributed by atoms with Gasteiger partial charge in [-0.15, -0.1) is 0 Å². The van der Waals surface area contributed by atoms with Crippen LogP contribution in [-0.4, -0.2) is 27.3 Å². The molecule has 5 nitrogen and oxygen atoms in total. The molecule has 0 spiro atoms. The Morgan fingerprint density at radius 2 is 2.00 bits per heavy atom. The maximum absolute atomic E-state index is 12.5. The van der Waals surface area contributed by atoms with Crippen LogP contribution in [0.3, 0.4) is 0 Å². The fourth-order valence-electron chi connectivity index (χ4n) is 3.58. The van der Waals surface area contributed by atoms with Gasteiger partial charge in [-0.25, -0.2) is 4.79 Å². The Balaban J connectivity index is 1.63. The smallest absolute Gasteiger partial charge is 0.338 e. The molecule has 0 amide bonds. The number of rotatable bonds is 5. The fraction of sp³-hybridized carbons (Fsp3) is 0.222. The van der Waals surface area contributed by atoms with E-state index in [4.69, 9.17) is 4.74 Å². The third-order valence-electron chi connectivity index (χ3n) is 5.53. The molecule has 5 heteroatoms. The number of allylic oxidation sites excluding steroid dienone is 10. The molecular weight excluding hydrogens is 398 g/mol. The number of pyridine rings is 1. The predicted molar refractivity (Wildman–Crippen MR) is 128 cm³/mol. The van der Waals surface area contributed by atoms with Crippen LogP contribution in [0.2, 0.25) is 0 Å². The Bertz CT molecular complexity index is 1200. The lowest BCUT2D eigenvalue weighted by atomic mass is 9.96. The van der Waals surface area contributed by atoms with Crippen molar-refractivity contribution in [2.45, 2.75) is 39.7 Å². The number of H-pyrrole nitrogens is 1. The highest BCUT2D eigenvalue weighted by Crippen LogP contribution is 2.30. The number of hydrogen-bond acceptors (Lipinski definition) is 4. The number of aryl methyl sites for hydroxylation is 1. The summed E-state index contributed by atoms with van der Waals surface area (Å²) in [6, 6.07) is 5.95. The molecule has 2 heterocycles. The monoisotopic (exact) mass is 425 g/mol. The number of aromatic nitrogens is 3. The van der Waals surface area contributed by atoms with Crippen molar-refractivity contribution in [3.63, 3.8) is 0 Å². The van der Waals surface area contributed by atoms with Crippen LogP contribution in [-0.2, 0) is 9.53 Å². The van der Waals surface area contributed by atoms with Gasteiger partial charge < -0.3 is 4.74 Å². The second-order valence-corrected chi connectivity index (χ2v) is 7.92. The average Bonchev–Trinajstić information content (AvgIpc) is 3.17. The van der Waals surface area contributed by atoms with Crippen molar-refractivity contribution in [2.75, 3.05) is 0 Å². The summed E-state index contributed by atoms with van der Waals surface area (Å²) >= 11 is 0. The molecular formula is C27H27N3O2. The first kappa shape index (κ1) is 21.5. The van der Waals surface area contributed by atoms with E-state index in [0.29, 0.717) is 12.0 Å². The minimum absolute atomic E-state index is 0.0946. The van der Waals surface area contributed by atoms with Gasteiger partial charge in [-0.05, 0) is 61.6 Å². The molecule has 1 atom stereocenters. The molecule has 0 bridgehead atoms. The number of nitrogens with zero attached hydrogens (tertiary/aromatic N) is 2. The summed E-state index contributed by atoms with van der Waals surface area (Å²) < 4.78 is 5.51. The number of nitrogens with one attached hydrogen (secondary N) is 1. The Labute approximate surface area is 188 Å². The summed E-state index contributed by atoms with van der Waals surface area (Å²) in [5.41, 5.74) is 7.36. The first-order chi connectivity index (χ1) is 15.5. The molecule has 2 aliphatic carbocycles. The van der Waals surface area contributed by atoms with Crippen molar-refractivity contribution in [1.82, 2.24) is 15.2 Å². The average molecular weight is 426 g/mol. The van der Waals surface area contributed by atoms with Gasteiger partial charge in [0.1, 0.15) is 0 Å². The second-order valence-electron chi connectivity index (χ2n) is 7.92. The first-order valence-corrected chi connectivity index (χ1v) is 10.9. The zero-order valence-corrected chi connectivity index (χ0v) is 18.6. The lowest BCUT2D eigenvalue weighted by Crippen LogP contribution is -2.15. The van der Waals surface area contributed by atoms with Crippen LogP contribution in [0.5, 0.6) is 0 Å². The Kier molecular flexibility index (Phi) is 6.45. The van der Waals surface area contributed by atoms with Crippen LogP contribution in [0.15, 0.2) is 89.7 Å². The summed E-state index contributed by atoms with van der Waals surface area (Å²) in [7, 11) is 0. The molecule has 1 N–H and O–H groups in total. The van der Waals surface area contributed by atoms with Crippen molar-refractivity contribution >= 4 is 11.5 Å². The Hall–Kier alpha value is -3.73. The maximum Gasteiger partial charge on any atom is 0.338 e. The van der Waals surface area contributed by atoms with Crippen LogP contribution in [0.1, 0.15) is 37.9 Å². The summed E-state index contributed by atoms with van der Waals surface area (Å²) in [5.74, 6) is -0.272. The molecule has 1 unspecified atom stereocenters. The van der Waals surface area contributed by atoms with E-state index in [2.05, 4.69) is 33.4 Å². The van der Waals surface area contributed by atoms with Gasteiger partial charge in [0.2, 0.25) is 0 Å². The number of esters is 1. The van der Waals surface area contributed by atoms with Crippen molar-refractivity contribution in [1.29, 1.82) is 0 Å². The SMILES string of the molecule is CCC(C)OC(=O)C1=CCC=C2\C=C/C(c3cn[nH]c3-c3cccc(C)n3)=C/C=C/C2=C1. The maximum atomic E-state index is 12.5. The molecule has 4 rings (SSSR count). The standard InChI is InChI=1S/C27H27N3O2/c1-4-19(3)32-27(31)23-12-6-9-20-14-15-21(10-7-11-22(20)16-23)24-17-28-30-26(24)25-13-5-8-18(2)29-25/h5,7-17,19H,4,6H2,1-3H3,(H,28,30)/b11-7+,15-14-,21-10-. The Morgan fingerprint density at radius 1 is 1.16 bits per heavy atom. The third-order valence-corrected chi connectivity index (χ3v) is 5.53. The van der Waals surface area contributed by atoms with E-state index in [9.17, 15) is 4.79 Å². The molecule has 2 aromatic heterocycles. The topological polar surface area (TPSA) is 67.9 Å². The highest BCUT2D eigenvalue weighted by atomic mass is 16.5. The van der Waals surface area contributed by atoms with E-state index in [-0.39, 0.29) is 12.1 Å². The number of aromatic amines is 1. The lowest BCUT2D eigenvalue weighted by molar-refractivity contribution is -0.143. The van der Waals surface area contributed by atoms with Gasteiger partial charge >= 0.3 is 5.97 Å². The van der Waals surface area contributed by atoms with E-state index in [1.54, 1.807) is 0 Å². The van der Waals surface area contributed by atoms with E-state index in [1.165, 1.54) is 0 Å². The number of carbonyl (C=O) groups is 1. The molecule has 0 aliphatic heterocycles. The minimum atomic E-state index is -0.272. The zero-order valence-electron chi connectivity index (χ0n) is 18.6. The van der Waals surface area contributed by atoms with Gasteiger partial charge in [-0.3, -0.25) is 10.1 Å². The van der Waals surface area contributed by atoms with Gasteiger partial charge in [0, 0.05) is 11.3 Å². The van der Waals surface area contributed by atoms with Crippen LogP contribution in [0.4, 0.5) is 0 Å². The largest absolute Gasteiger partial charge is 0.459 e. The molecule has 0 fully saturated rings. The van der Waals surface area contributed by atoms with Gasteiger partial charge in [0.05, 0.1) is 29.3 Å². The molecule has 32 heavy (non-hydrogen) atoms. The quantitative estimate of drug-likeness (QED) is 0.614. The van der Waals surface area contributed by atoms with Crippen molar-refractivity contribution < 1.29 is 9.53 Å². The molecule has 0 radical (unpaired) electrons. The number of ether oxygens (including phenoxy) is 1. The molecule has 0 aromatic carbocycles. The van der Waals surface area contributed by atoms with Gasteiger partial charge in [-0.2, -0.15) is 5.10 Å². The van der Waals surface area contributed by atoms with Gasteiger partial charge in [0.25, 0.3) is 0 Å². The number of carbonyl (C=O) groups excluding carboxylic acids is 1. The van der Waals surface area contributed by atoms with E-state index < -0.39 is 0 Å². The van der Waals surface area contributed by atoms with E-state index >= 15 is 0 Å². The summed E-state index contributed by atoms with van der Waals surface area (Å²) in [4.78, 5) is 17.2. The zero-order chi connectivity index (χ0) is 22.5. The highest BCUT2D eigenvalue weighted by Gasteiger charge is 2.16. The first-order valence-electron chi connectivity index (χ1n) is 10.9. The molecule has 2 aliphatic rings. The molecule has 162 valence electrons. The normalized spacial score (nSPS) is 20.1. The molecule has 0 saturated heterocycles. The van der Waals surface area contributed by atoms with Crippen molar-refractivity contribution in [3.8, 4) is 11.4 Å². The molecule has 2 aromatic rings. The number of hydrogen-bond donors (Lipinski definition) is 1. The summed E-state index contributed by atoms with van der Waals surface area (Å²) in [6.45, 7) is 5.89. The minimum Gasteiger partial charge on any atom is -0.459 e. The number of fused-ring (bicyclic) bond motifs is 1. The van der Waals surface area contributed by atoms with Gasteiger partial charge in [-0.1, -0.05) is 55.5 Å². The van der Waals surface area contributed by atoms with Crippen LogP contribution in [0.25, 0.3) is 17.0 Å². The third kappa shape index (κ3) is 4.78. The van der Waals surface area contributed by atoms with Crippen molar-refractivity contribution in [2.24, 2.45) is 0 Å². The second kappa shape index (κ2) is 9.60. The summed E-state index contributed by atoms with van der Waals surface area (Å²) in [5, 5.41) is 7.35. The lowest BCUT2D eigenvalue weighted by Gasteiger charge is -2.12. The van der Waals surface area contributed by atoms with Gasteiger partial charge in [0.15, 0.2) is 0 Å². The van der Waals surface area contributed by atoms with E-state index in [1.807, 2.05) is 75.5 Å². The fourth-order valence-corrected chi connectivity index (χ4v) is 3.58. The van der Waals surface area contributed by atoms with Crippen molar-refractivity contribution in [3.05, 3.63) is 101 Å². The highest BCUT2D eigenvalue weighted by molar-refractivity contribution is 5.93. The van der Waals surface area contributed by atoms with Crippen LogP contribution < -0.4 is 0 Å². The van der Waals surface area contributed by atoms with E-state index in [0.717, 1.165) is 45.8 Å². The van der Waals surface area contributed by atoms with Crippen LogP contribution >= 0.6 is 0 Å². The molecule has 0 saturated carbocycles. The summed E-state index contributed by atoms with van der Waals surface area (Å²) in [6.07, 6.45) is 19.4. The van der Waals surface area contributed by atoms with Crippen LogP contribution in [0, 0.1) is 6.92 Å². The predicted octanol–water partition coefficient (Wildman–Crippen LogP) is 5.81.